The van der Waals surface area contributed by atoms with E-state index in [1.54, 1.807) is 18.2 Å². The molecular weight excluding hydrogens is 319 g/mol. The first-order valence-corrected chi connectivity index (χ1v) is 7.08. The summed E-state index contributed by atoms with van der Waals surface area (Å²) in [4.78, 5) is 0. The van der Waals surface area contributed by atoms with Gasteiger partial charge in [0.1, 0.15) is 5.82 Å². The van der Waals surface area contributed by atoms with Crippen LogP contribution in [0.25, 0.3) is 0 Å². The van der Waals surface area contributed by atoms with Crippen LogP contribution in [0.4, 0.5) is 10.1 Å². The quantitative estimate of drug-likeness (QED) is 0.894. The molecule has 4 heteroatoms. The molecule has 1 unspecified atom stereocenters. The summed E-state index contributed by atoms with van der Waals surface area (Å²) in [6.45, 7) is 2.05. The molecule has 0 aliphatic carbocycles. The lowest BCUT2D eigenvalue weighted by molar-refractivity contribution is 0.626. The van der Waals surface area contributed by atoms with Gasteiger partial charge in [0.25, 0.3) is 0 Å². The zero-order valence-electron chi connectivity index (χ0n) is 11.0. The molecule has 0 fully saturated rings. The lowest BCUT2D eigenvalue weighted by Gasteiger charge is -2.16. The number of nitrogens with one attached hydrogen (secondary N) is 1. The van der Waals surface area contributed by atoms with Crippen LogP contribution in [-0.4, -0.2) is 6.04 Å². The van der Waals surface area contributed by atoms with Crippen molar-refractivity contribution in [2.24, 2.45) is 0 Å². The summed E-state index contributed by atoms with van der Waals surface area (Å²) in [6, 6.07) is 14.3. The highest BCUT2D eigenvalue weighted by atomic mass is 79.9. The van der Waals surface area contributed by atoms with Gasteiger partial charge in [-0.25, -0.2) is 4.39 Å². The van der Waals surface area contributed by atoms with Gasteiger partial charge < -0.3 is 5.32 Å². The zero-order chi connectivity index (χ0) is 14.5. The van der Waals surface area contributed by atoms with Crippen molar-refractivity contribution in [3.8, 4) is 6.07 Å². The van der Waals surface area contributed by atoms with Gasteiger partial charge in [-0.2, -0.15) is 5.26 Å². The molecule has 0 radical (unpaired) electrons. The molecule has 2 nitrogen and oxygen atoms in total. The second-order valence-electron chi connectivity index (χ2n) is 4.72. The molecule has 0 aliphatic rings. The average Bonchev–Trinajstić information content (AvgIpc) is 2.40. The third kappa shape index (κ3) is 4.07. The Kier molecular flexibility index (Phi) is 4.75. The molecule has 1 N–H and O–H groups in total. The molecule has 1 atom stereocenters. The minimum atomic E-state index is -0.222. The molecule has 0 aromatic heterocycles. The Morgan fingerprint density at radius 1 is 1.25 bits per heavy atom. The number of hydrogen-bond acceptors (Lipinski definition) is 2. The fourth-order valence-electron chi connectivity index (χ4n) is 2.05. The monoisotopic (exact) mass is 332 g/mol. The van der Waals surface area contributed by atoms with Gasteiger partial charge in [-0.15, -0.1) is 0 Å². The van der Waals surface area contributed by atoms with Gasteiger partial charge in [0.2, 0.25) is 0 Å². The van der Waals surface area contributed by atoms with Gasteiger partial charge in [-0.05, 0) is 49.2 Å². The summed E-state index contributed by atoms with van der Waals surface area (Å²) < 4.78 is 13.7. The van der Waals surface area contributed by atoms with E-state index in [1.165, 1.54) is 12.1 Å². The highest BCUT2D eigenvalue weighted by molar-refractivity contribution is 9.10. The third-order valence-electron chi connectivity index (χ3n) is 2.90. The normalized spacial score (nSPS) is 11.7. The van der Waals surface area contributed by atoms with Gasteiger partial charge in [0, 0.05) is 16.2 Å². The zero-order valence-corrected chi connectivity index (χ0v) is 12.6. The average molecular weight is 333 g/mol. The predicted molar refractivity (Wildman–Crippen MR) is 82.0 cm³/mol. The molecule has 0 saturated heterocycles. The van der Waals surface area contributed by atoms with E-state index < -0.39 is 0 Å². The molecule has 2 rings (SSSR count). The van der Waals surface area contributed by atoms with Crippen LogP contribution >= 0.6 is 15.9 Å². The van der Waals surface area contributed by atoms with E-state index in [0.29, 0.717) is 5.56 Å². The van der Waals surface area contributed by atoms with Crippen molar-refractivity contribution in [2.75, 3.05) is 5.32 Å². The van der Waals surface area contributed by atoms with Crippen LogP contribution in [0.15, 0.2) is 46.9 Å². The van der Waals surface area contributed by atoms with Crippen molar-refractivity contribution in [3.63, 3.8) is 0 Å². The number of nitriles is 1. The summed E-state index contributed by atoms with van der Waals surface area (Å²) in [5.41, 5.74) is 2.57. The Morgan fingerprint density at radius 3 is 2.60 bits per heavy atom. The van der Waals surface area contributed by atoms with Crippen molar-refractivity contribution >= 4 is 21.6 Å². The Balaban J connectivity index is 2.04. The first kappa shape index (κ1) is 14.5. The number of hydrogen-bond donors (Lipinski definition) is 1. The minimum Gasteiger partial charge on any atom is -0.382 e. The van der Waals surface area contributed by atoms with E-state index in [0.717, 1.165) is 22.1 Å². The molecule has 2 aromatic carbocycles. The van der Waals surface area contributed by atoms with Crippen molar-refractivity contribution in [3.05, 3.63) is 63.9 Å². The Hall–Kier alpha value is -1.86. The number of nitrogens with zero attached hydrogens (tertiary/aromatic N) is 1. The summed E-state index contributed by atoms with van der Waals surface area (Å²) in [6.07, 6.45) is 0.786. The van der Waals surface area contributed by atoms with Gasteiger partial charge in [0.15, 0.2) is 0 Å². The third-order valence-corrected chi connectivity index (χ3v) is 3.35. The van der Waals surface area contributed by atoms with Crippen molar-refractivity contribution in [1.29, 1.82) is 5.26 Å². The Morgan fingerprint density at radius 2 is 1.95 bits per heavy atom. The van der Waals surface area contributed by atoms with Crippen LogP contribution in [0.3, 0.4) is 0 Å². The van der Waals surface area contributed by atoms with Crippen LogP contribution in [0.5, 0.6) is 0 Å². The molecule has 0 spiro atoms. The second-order valence-corrected chi connectivity index (χ2v) is 5.63. The fourth-order valence-corrected chi connectivity index (χ4v) is 2.54. The first-order chi connectivity index (χ1) is 9.56. The smallest absolute Gasteiger partial charge is 0.123 e. The second kappa shape index (κ2) is 6.53. The Labute approximate surface area is 126 Å². The summed E-state index contributed by atoms with van der Waals surface area (Å²) in [7, 11) is 0. The van der Waals surface area contributed by atoms with Crippen LogP contribution in [0.2, 0.25) is 0 Å². The van der Waals surface area contributed by atoms with E-state index >= 15 is 0 Å². The maximum absolute atomic E-state index is 12.8. The van der Waals surface area contributed by atoms with Crippen molar-refractivity contribution in [1.82, 2.24) is 0 Å². The Bertz CT molecular complexity index is 632. The number of anilines is 1. The molecule has 0 amide bonds. The van der Waals surface area contributed by atoms with Gasteiger partial charge in [-0.3, -0.25) is 0 Å². The summed E-state index contributed by atoms with van der Waals surface area (Å²) in [5, 5.41) is 12.3. The number of benzene rings is 2. The van der Waals surface area contributed by atoms with Gasteiger partial charge >= 0.3 is 0 Å². The van der Waals surface area contributed by atoms with E-state index in [9.17, 15) is 4.39 Å². The predicted octanol–water partition coefficient (Wildman–Crippen LogP) is 4.50. The molecule has 0 heterocycles. The molecule has 2 aromatic rings. The van der Waals surface area contributed by atoms with Gasteiger partial charge in [0.05, 0.1) is 11.6 Å². The van der Waals surface area contributed by atoms with E-state index in [-0.39, 0.29) is 11.9 Å². The summed E-state index contributed by atoms with van der Waals surface area (Å²) in [5.74, 6) is -0.222. The van der Waals surface area contributed by atoms with Crippen LogP contribution in [-0.2, 0) is 6.42 Å². The largest absolute Gasteiger partial charge is 0.382 e. The first-order valence-electron chi connectivity index (χ1n) is 6.28. The van der Waals surface area contributed by atoms with E-state index in [2.05, 4.69) is 34.2 Å². The van der Waals surface area contributed by atoms with Gasteiger partial charge in [-0.1, -0.05) is 28.1 Å². The van der Waals surface area contributed by atoms with Crippen molar-refractivity contribution in [2.45, 2.75) is 19.4 Å². The van der Waals surface area contributed by atoms with Crippen LogP contribution < -0.4 is 5.32 Å². The maximum atomic E-state index is 12.8. The molecule has 0 bridgehead atoms. The highest BCUT2D eigenvalue weighted by Crippen LogP contribution is 2.20. The molecule has 20 heavy (non-hydrogen) atoms. The van der Waals surface area contributed by atoms with Crippen molar-refractivity contribution < 1.29 is 4.39 Å². The number of halogens is 2. The summed E-state index contributed by atoms with van der Waals surface area (Å²) >= 11 is 3.39. The maximum Gasteiger partial charge on any atom is 0.123 e. The standard InChI is InChI=1S/C16H14BrFN2/c1-11(6-12-2-4-15(18)5-3-12)20-16-8-13(10-19)7-14(17)9-16/h2-5,7-9,11,20H,6H2,1H3. The molecular formula is C16H14BrFN2. The SMILES string of the molecule is CC(Cc1ccc(F)cc1)Nc1cc(Br)cc(C#N)c1. The highest BCUT2D eigenvalue weighted by Gasteiger charge is 2.06. The van der Waals surface area contributed by atoms with E-state index in [4.69, 9.17) is 5.26 Å². The molecule has 0 aliphatic heterocycles. The van der Waals surface area contributed by atoms with E-state index in [1.807, 2.05) is 12.1 Å². The lowest BCUT2D eigenvalue weighted by Crippen LogP contribution is -2.18. The fraction of sp³-hybridized carbons (Fsp3) is 0.188. The molecule has 102 valence electrons. The lowest BCUT2D eigenvalue weighted by atomic mass is 10.1. The topological polar surface area (TPSA) is 35.8 Å². The number of rotatable bonds is 4. The minimum absolute atomic E-state index is 0.182. The van der Waals surface area contributed by atoms with Crippen LogP contribution in [0.1, 0.15) is 18.1 Å². The molecule has 0 saturated carbocycles. The van der Waals surface area contributed by atoms with Crippen LogP contribution in [0, 0.1) is 17.1 Å².